The molecule has 3 rings (SSSR count). The van der Waals surface area contributed by atoms with Gasteiger partial charge in [0.25, 0.3) is 5.91 Å². The summed E-state index contributed by atoms with van der Waals surface area (Å²) >= 11 is 0. The molecule has 5 nitrogen and oxygen atoms in total. The molecule has 1 amide bonds. The highest BCUT2D eigenvalue weighted by Crippen LogP contribution is 2.14. The van der Waals surface area contributed by atoms with E-state index in [1.807, 2.05) is 30.3 Å². The first-order valence-electron chi connectivity index (χ1n) is 6.82. The van der Waals surface area contributed by atoms with Gasteiger partial charge in [-0.25, -0.2) is 4.68 Å². The molecule has 1 atom stereocenters. The maximum Gasteiger partial charge on any atom is 0.274 e. The standard InChI is InChI=1S/C15H17N3O2/c19-13-7-4-9-17(11-13)15(20)14-8-10-18(16-14)12-5-2-1-3-6-12/h1-3,5-6,8,10,13,19H,4,7,9,11H2/t13-/m0/s1. The number of rotatable bonds is 2. The van der Waals surface area contributed by atoms with Crippen LogP contribution in [0.4, 0.5) is 0 Å². The van der Waals surface area contributed by atoms with Crippen LogP contribution in [-0.4, -0.2) is 44.9 Å². The van der Waals surface area contributed by atoms with Crippen LogP contribution in [0.25, 0.3) is 5.69 Å². The molecule has 104 valence electrons. The molecule has 5 heteroatoms. The maximum atomic E-state index is 12.3. The van der Waals surface area contributed by atoms with E-state index in [0.717, 1.165) is 18.5 Å². The van der Waals surface area contributed by atoms with Crippen molar-refractivity contribution >= 4 is 5.91 Å². The predicted octanol–water partition coefficient (Wildman–Crippen LogP) is 1.47. The van der Waals surface area contributed by atoms with Gasteiger partial charge in [0.15, 0.2) is 5.69 Å². The number of likely N-dealkylation sites (tertiary alicyclic amines) is 1. The Morgan fingerprint density at radius 3 is 2.80 bits per heavy atom. The van der Waals surface area contributed by atoms with Crippen LogP contribution >= 0.6 is 0 Å². The fraction of sp³-hybridized carbons (Fsp3) is 0.333. The van der Waals surface area contributed by atoms with Gasteiger partial charge in [-0.3, -0.25) is 4.79 Å². The number of carbonyl (C=O) groups excluding carboxylic acids is 1. The Morgan fingerprint density at radius 2 is 2.05 bits per heavy atom. The number of para-hydroxylation sites is 1. The number of hydrogen-bond acceptors (Lipinski definition) is 3. The van der Waals surface area contributed by atoms with E-state index in [0.29, 0.717) is 18.8 Å². The number of nitrogens with zero attached hydrogens (tertiary/aromatic N) is 3. The minimum Gasteiger partial charge on any atom is -0.391 e. The minimum atomic E-state index is -0.413. The lowest BCUT2D eigenvalue weighted by atomic mass is 10.1. The van der Waals surface area contributed by atoms with E-state index in [4.69, 9.17) is 0 Å². The topological polar surface area (TPSA) is 58.4 Å². The van der Waals surface area contributed by atoms with Crippen molar-refractivity contribution < 1.29 is 9.90 Å². The van der Waals surface area contributed by atoms with Crippen LogP contribution in [-0.2, 0) is 0 Å². The zero-order valence-corrected chi connectivity index (χ0v) is 11.1. The number of aliphatic hydroxyl groups excluding tert-OH is 1. The second-order valence-corrected chi connectivity index (χ2v) is 5.03. The van der Waals surface area contributed by atoms with E-state index in [2.05, 4.69) is 5.10 Å². The van der Waals surface area contributed by atoms with Crippen molar-refractivity contribution in [3.8, 4) is 5.69 Å². The molecule has 2 heterocycles. The third-order valence-corrected chi connectivity index (χ3v) is 3.51. The van der Waals surface area contributed by atoms with Crippen molar-refractivity contribution in [2.75, 3.05) is 13.1 Å². The lowest BCUT2D eigenvalue weighted by Gasteiger charge is -2.29. The first-order valence-corrected chi connectivity index (χ1v) is 6.82. The van der Waals surface area contributed by atoms with Crippen LogP contribution in [0.1, 0.15) is 23.3 Å². The fourth-order valence-corrected chi connectivity index (χ4v) is 2.46. The molecule has 1 aliphatic rings. The van der Waals surface area contributed by atoms with E-state index in [1.165, 1.54) is 0 Å². The number of benzene rings is 1. The van der Waals surface area contributed by atoms with Crippen molar-refractivity contribution in [3.05, 3.63) is 48.3 Å². The third-order valence-electron chi connectivity index (χ3n) is 3.51. The summed E-state index contributed by atoms with van der Waals surface area (Å²) in [6.45, 7) is 1.09. The molecular weight excluding hydrogens is 254 g/mol. The van der Waals surface area contributed by atoms with Gasteiger partial charge in [-0.05, 0) is 31.0 Å². The molecule has 1 fully saturated rings. The third kappa shape index (κ3) is 2.58. The molecule has 1 saturated heterocycles. The Labute approximate surface area is 117 Å². The Bertz CT molecular complexity index is 594. The molecule has 0 saturated carbocycles. The van der Waals surface area contributed by atoms with E-state index in [-0.39, 0.29) is 5.91 Å². The lowest BCUT2D eigenvalue weighted by molar-refractivity contribution is 0.0468. The first-order chi connectivity index (χ1) is 9.74. The molecular formula is C15H17N3O2. The van der Waals surface area contributed by atoms with Gasteiger partial charge in [-0.15, -0.1) is 0 Å². The maximum absolute atomic E-state index is 12.3. The second kappa shape index (κ2) is 5.46. The van der Waals surface area contributed by atoms with Gasteiger partial charge in [-0.1, -0.05) is 18.2 Å². The van der Waals surface area contributed by atoms with Crippen molar-refractivity contribution in [2.45, 2.75) is 18.9 Å². The first kappa shape index (κ1) is 12.9. The summed E-state index contributed by atoms with van der Waals surface area (Å²) in [5.41, 5.74) is 1.34. The van der Waals surface area contributed by atoms with Gasteiger partial charge >= 0.3 is 0 Å². The second-order valence-electron chi connectivity index (χ2n) is 5.03. The quantitative estimate of drug-likeness (QED) is 0.900. The molecule has 1 N–H and O–H groups in total. The van der Waals surface area contributed by atoms with Crippen molar-refractivity contribution in [2.24, 2.45) is 0 Å². The predicted molar refractivity (Wildman–Crippen MR) is 74.7 cm³/mol. The van der Waals surface area contributed by atoms with E-state index in [1.54, 1.807) is 21.8 Å². The molecule has 0 aliphatic carbocycles. The van der Waals surface area contributed by atoms with E-state index in [9.17, 15) is 9.90 Å². The van der Waals surface area contributed by atoms with Gasteiger partial charge in [0.1, 0.15) is 0 Å². The van der Waals surface area contributed by atoms with Crippen LogP contribution < -0.4 is 0 Å². The smallest absolute Gasteiger partial charge is 0.274 e. The highest BCUT2D eigenvalue weighted by atomic mass is 16.3. The van der Waals surface area contributed by atoms with Crippen molar-refractivity contribution in [1.29, 1.82) is 0 Å². The summed E-state index contributed by atoms with van der Waals surface area (Å²) in [7, 11) is 0. The van der Waals surface area contributed by atoms with Crippen LogP contribution in [0.5, 0.6) is 0 Å². The van der Waals surface area contributed by atoms with Crippen LogP contribution in [0, 0.1) is 0 Å². The molecule has 20 heavy (non-hydrogen) atoms. The van der Waals surface area contributed by atoms with Crippen LogP contribution in [0.3, 0.4) is 0 Å². The summed E-state index contributed by atoms with van der Waals surface area (Å²) in [5.74, 6) is -0.113. The van der Waals surface area contributed by atoms with Crippen molar-refractivity contribution in [1.82, 2.24) is 14.7 Å². The van der Waals surface area contributed by atoms with Gasteiger partial charge in [0, 0.05) is 19.3 Å². The number of aliphatic hydroxyl groups is 1. The van der Waals surface area contributed by atoms with Gasteiger partial charge in [0.2, 0.25) is 0 Å². The average Bonchev–Trinajstić information content (AvgIpc) is 2.97. The number of aromatic nitrogens is 2. The summed E-state index contributed by atoms with van der Waals surface area (Å²) in [6.07, 6.45) is 2.97. The number of piperidine rings is 1. The molecule has 0 spiro atoms. The normalized spacial score (nSPS) is 19.1. The summed E-state index contributed by atoms with van der Waals surface area (Å²) in [6, 6.07) is 11.4. The largest absolute Gasteiger partial charge is 0.391 e. The van der Waals surface area contributed by atoms with E-state index < -0.39 is 6.10 Å². The van der Waals surface area contributed by atoms with E-state index >= 15 is 0 Å². The Kier molecular flexibility index (Phi) is 3.52. The molecule has 1 aromatic heterocycles. The SMILES string of the molecule is O=C(c1ccn(-c2ccccc2)n1)N1CCC[C@H](O)C1. The number of hydrogen-bond donors (Lipinski definition) is 1. The van der Waals surface area contributed by atoms with Gasteiger partial charge in [-0.2, -0.15) is 5.10 Å². The molecule has 1 aromatic carbocycles. The van der Waals surface area contributed by atoms with Gasteiger partial charge < -0.3 is 10.0 Å². The molecule has 1 aliphatic heterocycles. The van der Waals surface area contributed by atoms with Crippen LogP contribution in [0.15, 0.2) is 42.6 Å². The molecule has 0 bridgehead atoms. The number of carbonyl (C=O) groups is 1. The Morgan fingerprint density at radius 1 is 1.25 bits per heavy atom. The summed E-state index contributed by atoms with van der Waals surface area (Å²) in [4.78, 5) is 14.0. The summed E-state index contributed by atoms with van der Waals surface area (Å²) in [5, 5.41) is 14.0. The lowest BCUT2D eigenvalue weighted by Crippen LogP contribution is -2.42. The highest BCUT2D eigenvalue weighted by molar-refractivity contribution is 5.92. The zero-order chi connectivity index (χ0) is 13.9. The summed E-state index contributed by atoms with van der Waals surface area (Å²) < 4.78 is 1.69. The van der Waals surface area contributed by atoms with Crippen LogP contribution in [0.2, 0.25) is 0 Å². The molecule has 0 radical (unpaired) electrons. The Balaban J connectivity index is 1.78. The fourth-order valence-electron chi connectivity index (χ4n) is 2.46. The van der Waals surface area contributed by atoms with Crippen molar-refractivity contribution in [3.63, 3.8) is 0 Å². The average molecular weight is 271 g/mol. The highest BCUT2D eigenvalue weighted by Gasteiger charge is 2.24. The van der Waals surface area contributed by atoms with Gasteiger partial charge in [0.05, 0.1) is 11.8 Å². The molecule has 0 unspecified atom stereocenters. The Hall–Kier alpha value is -2.14. The monoisotopic (exact) mass is 271 g/mol. The minimum absolute atomic E-state index is 0.113. The molecule has 2 aromatic rings. The zero-order valence-electron chi connectivity index (χ0n) is 11.1. The number of amides is 1. The number of β-amino-alcohol motifs (C(OH)–C–C–N with tert-alkyl or cyclic N) is 1.